The molecule has 1 aliphatic rings. The lowest BCUT2D eigenvalue weighted by molar-refractivity contribution is 0.163. The van der Waals surface area contributed by atoms with Gasteiger partial charge in [-0.05, 0) is 30.0 Å². The van der Waals surface area contributed by atoms with Crippen molar-refractivity contribution in [2.24, 2.45) is 0 Å². The Labute approximate surface area is 174 Å². The number of aromatic nitrogens is 2. The smallest absolute Gasteiger partial charge is 0.243 e. The van der Waals surface area contributed by atoms with Crippen LogP contribution in [0.3, 0.4) is 0 Å². The summed E-state index contributed by atoms with van der Waals surface area (Å²) in [5.41, 5.74) is 1.02. The summed E-state index contributed by atoms with van der Waals surface area (Å²) in [5.74, 6) is 1.69. The predicted octanol–water partition coefficient (Wildman–Crippen LogP) is 3.39. The second-order valence-corrected chi connectivity index (χ2v) is 10.8. The standard InChI is InChI=1S/C21H32N4O3S/c1-6-16(2)17-7-9-18(10-8-17)29(26,27)25-13-11-24(12-14-25)15-19-22-20(23-28-19)21(3,4)5/h7-10,16H,6,11-15H2,1-5H3. The van der Waals surface area contributed by atoms with E-state index in [-0.39, 0.29) is 5.41 Å². The van der Waals surface area contributed by atoms with Gasteiger partial charge >= 0.3 is 0 Å². The van der Waals surface area contributed by atoms with Crippen LogP contribution < -0.4 is 0 Å². The van der Waals surface area contributed by atoms with E-state index >= 15 is 0 Å². The predicted molar refractivity (Wildman–Crippen MR) is 112 cm³/mol. The lowest BCUT2D eigenvalue weighted by atomic mass is 9.96. The number of hydrogen-bond donors (Lipinski definition) is 0. The molecule has 0 radical (unpaired) electrons. The Hall–Kier alpha value is -1.77. The number of hydrogen-bond acceptors (Lipinski definition) is 6. The zero-order valence-electron chi connectivity index (χ0n) is 18.1. The van der Waals surface area contributed by atoms with Gasteiger partial charge in [0.15, 0.2) is 5.82 Å². The lowest BCUT2D eigenvalue weighted by Gasteiger charge is -2.33. The molecule has 0 spiro atoms. The van der Waals surface area contributed by atoms with Gasteiger partial charge in [-0.25, -0.2) is 8.42 Å². The van der Waals surface area contributed by atoms with Gasteiger partial charge in [-0.3, -0.25) is 4.90 Å². The summed E-state index contributed by atoms with van der Waals surface area (Å²) in [7, 11) is -3.47. The average molecular weight is 421 g/mol. The number of piperazine rings is 1. The Bertz CT molecular complexity index is 908. The molecule has 1 unspecified atom stereocenters. The zero-order valence-corrected chi connectivity index (χ0v) is 18.9. The molecule has 160 valence electrons. The van der Waals surface area contributed by atoms with Crippen molar-refractivity contribution in [1.29, 1.82) is 0 Å². The Morgan fingerprint density at radius 1 is 1.10 bits per heavy atom. The Morgan fingerprint density at radius 3 is 2.24 bits per heavy atom. The maximum absolute atomic E-state index is 13.0. The minimum absolute atomic E-state index is 0.154. The quantitative estimate of drug-likeness (QED) is 0.713. The minimum Gasteiger partial charge on any atom is -0.338 e. The van der Waals surface area contributed by atoms with Gasteiger partial charge in [-0.15, -0.1) is 0 Å². The highest BCUT2D eigenvalue weighted by Gasteiger charge is 2.29. The molecular formula is C21H32N4O3S. The minimum atomic E-state index is -3.47. The van der Waals surface area contributed by atoms with Gasteiger partial charge in [0, 0.05) is 31.6 Å². The fourth-order valence-electron chi connectivity index (χ4n) is 3.30. The molecule has 0 bridgehead atoms. The fourth-order valence-corrected chi connectivity index (χ4v) is 4.72. The molecule has 7 nitrogen and oxygen atoms in total. The molecule has 0 N–H and O–H groups in total. The molecule has 2 heterocycles. The monoisotopic (exact) mass is 420 g/mol. The molecule has 1 fully saturated rings. The summed E-state index contributed by atoms with van der Waals surface area (Å²) in [6.07, 6.45) is 1.03. The molecule has 8 heteroatoms. The van der Waals surface area contributed by atoms with E-state index < -0.39 is 10.0 Å². The van der Waals surface area contributed by atoms with Crippen molar-refractivity contribution in [3.05, 3.63) is 41.5 Å². The Morgan fingerprint density at radius 2 is 1.72 bits per heavy atom. The van der Waals surface area contributed by atoms with E-state index in [1.807, 2.05) is 32.9 Å². The summed E-state index contributed by atoms with van der Waals surface area (Å²) >= 11 is 0. The summed E-state index contributed by atoms with van der Waals surface area (Å²) < 4.78 is 32.9. The second kappa shape index (κ2) is 8.53. The summed E-state index contributed by atoms with van der Waals surface area (Å²) in [4.78, 5) is 6.99. The molecule has 1 aromatic carbocycles. The SMILES string of the molecule is CCC(C)c1ccc(S(=O)(=O)N2CCN(Cc3nc(C(C)(C)C)no3)CC2)cc1. The third kappa shape index (κ3) is 5.05. The van der Waals surface area contributed by atoms with Crippen molar-refractivity contribution in [3.8, 4) is 0 Å². The normalized spacial score (nSPS) is 18.1. The molecular weight excluding hydrogens is 388 g/mol. The number of nitrogens with zero attached hydrogens (tertiary/aromatic N) is 4. The van der Waals surface area contributed by atoms with Crippen LogP contribution in [0.4, 0.5) is 0 Å². The van der Waals surface area contributed by atoms with E-state index in [0.717, 1.165) is 6.42 Å². The molecule has 0 saturated carbocycles. The van der Waals surface area contributed by atoms with Crippen LogP contribution in [-0.4, -0.2) is 53.9 Å². The van der Waals surface area contributed by atoms with Crippen molar-refractivity contribution < 1.29 is 12.9 Å². The van der Waals surface area contributed by atoms with Crippen LogP contribution in [0.5, 0.6) is 0 Å². The first-order chi connectivity index (χ1) is 13.6. The third-order valence-corrected chi connectivity index (χ3v) is 7.44. The maximum Gasteiger partial charge on any atom is 0.243 e. The highest BCUT2D eigenvalue weighted by molar-refractivity contribution is 7.89. The third-order valence-electron chi connectivity index (χ3n) is 5.53. The molecule has 1 aromatic heterocycles. The van der Waals surface area contributed by atoms with Crippen molar-refractivity contribution >= 4 is 10.0 Å². The van der Waals surface area contributed by atoms with E-state index in [0.29, 0.717) is 55.3 Å². The zero-order chi connectivity index (χ0) is 21.2. The topological polar surface area (TPSA) is 79.5 Å². The van der Waals surface area contributed by atoms with Crippen LogP contribution in [0.2, 0.25) is 0 Å². The van der Waals surface area contributed by atoms with Crippen molar-refractivity contribution in [1.82, 2.24) is 19.3 Å². The van der Waals surface area contributed by atoms with Crippen LogP contribution in [0.1, 0.15) is 64.2 Å². The maximum atomic E-state index is 13.0. The van der Waals surface area contributed by atoms with E-state index in [1.54, 1.807) is 16.4 Å². The van der Waals surface area contributed by atoms with Crippen molar-refractivity contribution in [2.45, 2.75) is 63.8 Å². The second-order valence-electron chi connectivity index (χ2n) is 8.82. The highest BCUT2D eigenvalue weighted by Crippen LogP contribution is 2.23. The Kier molecular flexibility index (Phi) is 6.45. The van der Waals surface area contributed by atoms with Gasteiger partial charge in [-0.1, -0.05) is 51.9 Å². The number of benzene rings is 1. The molecule has 29 heavy (non-hydrogen) atoms. The van der Waals surface area contributed by atoms with E-state index in [4.69, 9.17) is 4.52 Å². The van der Waals surface area contributed by atoms with Gasteiger partial charge in [0.2, 0.25) is 15.9 Å². The van der Waals surface area contributed by atoms with Crippen LogP contribution in [0, 0.1) is 0 Å². The van der Waals surface area contributed by atoms with Gasteiger partial charge in [0.05, 0.1) is 11.4 Å². The van der Waals surface area contributed by atoms with Crippen LogP contribution in [-0.2, 0) is 22.0 Å². The average Bonchev–Trinajstić information content (AvgIpc) is 3.17. The summed E-state index contributed by atoms with van der Waals surface area (Å²) in [6.45, 7) is 13.1. The van der Waals surface area contributed by atoms with Crippen LogP contribution in [0.25, 0.3) is 0 Å². The molecule has 1 saturated heterocycles. The number of rotatable bonds is 6. The van der Waals surface area contributed by atoms with Crippen molar-refractivity contribution in [2.75, 3.05) is 26.2 Å². The van der Waals surface area contributed by atoms with Crippen molar-refractivity contribution in [3.63, 3.8) is 0 Å². The Balaban J connectivity index is 1.60. The van der Waals surface area contributed by atoms with E-state index in [1.165, 1.54) is 5.56 Å². The van der Waals surface area contributed by atoms with Gasteiger partial charge in [0.1, 0.15) is 0 Å². The van der Waals surface area contributed by atoms with Crippen LogP contribution >= 0.6 is 0 Å². The van der Waals surface area contributed by atoms with E-state index in [9.17, 15) is 8.42 Å². The lowest BCUT2D eigenvalue weighted by Crippen LogP contribution is -2.48. The molecule has 0 amide bonds. The van der Waals surface area contributed by atoms with E-state index in [2.05, 4.69) is 28.9 Å². The first-order valence-corrected chi connectivity index (χ1v) is 11.7. The molecule has 2 aromatic rings. The highest BCUT2D eigenvalue weighted by atomic mass is 32.2. The largest absolute Gasteiger partial charge is 0.338 e. The molecule has 3 rings (SSSR count). The molecule has 0 aliphatic carbocycles. The van der Waals surface area contributed by atoms with Gasteiger partial charge < -0.3 is 4.52 Å². The fraction of sp³-hybridized carbons (Fsp3) is 0.619. The first-order valence-electron chi connectivity index (χ1n) is 10.3. The molecule has 1 atom stereocenters. The molecule has 1 aliphatic heterocycles. The summed E-state index contributed by atoms with van der Waals surface area (Å²) in [5, 5.41) is 4.05. The summed E-state index contributed by atoms with van der Waals surface area (Å²) in [6, 6.07) is 7.32. The van der Waals surface area contributed by atoms with Gasteiger partial charge in [0.25, 0.3) is 0 Å². The first kappa shape index (κ1) is 21.9. The van der Waals surface area contributed by atoms with Gasteiger partial charge in [-0.2, -0.15) is 9.29 Å². The number of sulfonamides is 1. The van der Waals surface area contributed by atoms with Crippen LogP contribution in [0.15, 0.2) is 33.7 Å².